The van der Waals surface area contributed by atoms with Gasteiger partial charge in [-0.2, -0.15) is 5.10 Å². The molecule has 0 aliphatic heterocycles. The van der Waals surface area contributed by atoms with Crippen molar-refractivity contribution in [2.45, 2.75) is 0 Å². The van der Waals surface area contributed by atoms with Crippen LogP contribution in [0.5, 0.6) is 0 Å². The molecule has 2 N–H and O–H groups in total. The first-order valence-electron chi connectivity index (χ1n) is 2.33. The summed E-state index contributed by atoms with van der Waals surface area (Å²) in [5.41, 5.74) is 2.55. The van der Waals surface area contributed by atoms with Gasteiger partial charge in [-0.3, -0.25) is 5.43 Å². The molecule has 4 nitrogen and oxygen atoms in total. The fourth-order valence-corrected chi connectivity index (χ4v) is 0.513. The number of hydrazine groups is 1. The van der Waals surface area contributed by atoms with E-state index in [-0.39, 0.29) is 0 Å². The van der Waals surface area contributed by atoms with Gasteiger partial charge in [-0.15, -0.1) is 10.0 Å². The summed E-state index contributed by atoms with van der Waals surface area (Å²) in [6, 6.07) is 3.49. The predicted molar refractivity (Wildman–Crippen MR) is 34.6 cm³/mol. The number of nitrogens with one attached hydrogen (secondary N) is 2. The van der Waals surface area contributed by atoms with Gasteiger partial charge in [-0.25, -0.2) is 0 Å². The lowest BCUT2D eigenvalue weighted by Crippen LogP contribution is -2.09. The predicted octanol–water partition coefficient (Wildman–Crippen LogP) is 0.547. The molecular formula is C4H5ClN4. The second-order valence-corrected chi connectivity index (χ2v) is 1.52. The second-order valence-electron chi connectivity index (χ2n) is 1.33. The highest BCUT2D eigenvalue weighted by molar-refractivity contribution is 6.13. The normalized spacial score (nSPS) is 9.00. The van der Waals surface area contributed by atoms with Gasteiger partial charge in [-0.05, 0) is 23.9 Å². The maximum Gasteiger partial charge on any atom is 0.163 e. The lowest BCUT2D eigenvalue weighted by atomic mass is 10.5. The first kappa shape index (κ1) is 6.25. The van der Waals surface area contributed by atoms with Crippen molar-refractivity contribution in [3.05, 3.63) is 18.3 Å². The van der Waals surface area contributed by atoms with Gasteiger partial charge >= 0.3 is 0 Å². The largest absolute Gasteiger partial charge is 0.290 e. The summed E-state index contributed by atoms with van der Waals surface area (Å²) in [7, 11) is 0. The third-order valence-corrected chi connectivity index (χ3v) is 0.842. The molecule has 0 saturated heterocycles. The molecule has 0 aliphatic carbocycles. The van der Waals surface area contributed by atoms with Crippen LogP contribution in [0.2, 0.25) is 0 Å². The first-order chi connectivity index (χ1) is 4.43. The molecule has 0 saturated carbocycles. The number of aromatic nitrogens is 2. The number of rotatable bonds is 2. The zero-order chi connectivity index (χ0) is 6.53. The lowest BCUT2D eigenvalue weighted by Gasteiger charge is -1.96. The van der Waals surface area contributed by atoms with Crippen molar-refractivity contribution in [3.8, 4) is 0 Å². The fourth-order valence-electron chi connectivity index (χ4n) is 0.417. The molecule has 0 fully saturated rings. The van der Waals surface area contributed by atoms with E-state index in [4.69, 9.17) is 11.8 Å². The SMILES string of the molecule is ClNNc1cccnn1. The van der Waals surface area contributed by atoms with Crippen LogP contribution in [-0.4, -0.2) is 10.2 Å². The molecule has 1 aromatic rings. The van der Waals surface area contributed by atoms with Gasteiger partial charge in [0.05, 0.1) is 0 Å². The van der Waals surface area contributed by atoms with Crippen LogP contribution in [0.15, 0.2) is 18.3 Å². The number of hydrogen-bond donors (Lipinski definition) is 2. The number of nitrogens with zero attached hydrogens (tertiary/aromatic N) is 2. The Balaban J connectivity index is 2.61. The molecule has 0 aliphatic rings. The molecule has 1 aromatic heterocycles. The van der Waals surface area contributed by atoms with Crippen molar-refractivity contribution in [1.82, 2.24) is 15.1 Å². The van der Waals surface area contributed by atoms with E-state index in [1.807, 2.05) is 0 Å². The molecule has 0 spiro atoms. The van der Waals surface area contributed by atoms with Crippen molar-refractivity contribution in [1.29, 1.82) is 0 Å². The van der Waals surface area contributed by atoms with E-state index in [9.17, 15) is 0 Å². The summed E-state index contributed by atoms with van der Waals surface area (Å²) < 4.78 is 0. The molecular weight excluding hydrogens is 140 g/mol. The minimum absolute atomic E-state index is 0.590. The number of halogens is 1. The highest BCUT2D eigenvalue weighted by Gasteiger charge is 1.85. The average molecular weight is 145 g/mol. The summed E-state index contributed by atoms with van der Waals surface area (Å²) in [5, 5.41) is 7.25. The highest BCUT2D eigenvalue weighted by Crippen LogP contribution is 1.93. The van der Waals surface area contributed by atoms with Crippen molar-refractivity contribution < 1.29 is 0 Å². The van der Waals surface area contributed by atoms with Gasteiger partial charge in [0.25, 0.3) is 0 Å². The van der Waals surface area contributed by atoms with E-state index >= 15 is 0 Å². The van der Waals surface area contributed by atoms with Crippen LogP contribution in [-0.2, 0) is 0 Å². The molecule has 1 heterocycles. The lowest BCUT2D eigenvalue weighted by molar-refractivity contribution is 1.00. The maximum atomic E-state index is 5.11. The van der Waals surface area contributed by atoms with E-state index in [1.54, 1.807) is 18.3 Å². The Morgan fingerprint density at radius 1 is 1.56 bits per heavy atom. The molecule has 0 unspecified atom stereocenters. The summed E-state index contributed by atoms with van der Waals surface area (Å²) in [6.07, 6.45) is 1.58. The standard InChI is InChI=1S/C4H5ClN4/c5-9-8-4-2-1-3-6-7-4/h1-3,9H,(H,7,8). The Hall–Kier alpha value is -0.870. The van der Waals surface area contributed by atoms with Crippen molar-refractivity contribution >= 4 is 17.6 Å². The van der Waals surface area contributed by atoms with E-state index in [2.05, 4.69) is 20.6 Å². The maximum absolute atomic E-state index is 5.11. The molecule has 5 heteroatoms. The third kappa shape index (κ3) is 1.83. The van der Waals surface area contributed by atoms with Gasteiger partial charge < -0.3 is 0 Å². The van der Waals surface area contributed by atoms with Crippen LogP contribution < -0.4 is 10.4 Å². The van der Waals surface area contributed by atoms with Gasteiger partial charge in [-0.1, -0.05) is 0 Å². The Labute approximate surface area is 57.3 Å². The molecule has 9 heavy (non-hydrogen) atoms. The first-order valence-corrected chi connectivity index (χ1v) is 2.70. The Morgan fingerprint density at radius 2 is 2.44 bits per heavy atom. The summed E-state index contributed by atoms with van der Waals surface area (Å²) in [4.78, 5) is 2.20. The summed E-state index contributed by atoms with van der Waals surface area (Å²) in [5.74, 6) is 0.590. The van der Waals surface area contributed by atoms with Gasteiger partial charge in [0.15, 0.2) is 5.82 Å². The van der Waals surface area contributed by atoms with Crippen LogP contribution in [0.3, 0.4) is 0 Å². The quantitative estimate of drug-likeness (QED) is 0.470. The molecule has 48 valence electrons. The topological polar surface area (TPSA) is 49.8 Å². The van der Waals surface area contributed by atoms with Crippen molar-refractivity contribution in [2.75, 3.05) is 5.43 Å². The fraction of sp³-hybridized carbons (Fsp3) is 0. The van der Waals surface area contributed by atoms with E-state index in [0.717, 1.165) is 0 Å². The highest BCUT2D eigenvalue weighted by atomic mass is 35.5. The number of hydrogen-bond acceptors (Lipinski definition) is 4. The minimum atomic E-state index is 0.590. The van der Waals surface area contributed by atoms with Crippen LogP contribution in [0.1, 0.15) is 0 Å². The molecule has 1 rings (SSSR count). The van der Waals surface area contributed by atoms with Crippen molar-refractivity contribution in [2.24, 2.45) is 0 Å². The van der Waals surface area contributed by atoms with E-state index in [1.165, 1.54) is 0 Å². The van der Waals surface area contributed by atoms with Gasteiger partial charge in [0, 0.05) is 6.20 Å². The van der Waals surface area contributed by atoms with Crippen LogP contribution in [0.4, 0.5) is 5.82 Å². The van der Waals surface area contributed by atoms with Crippen LogP contribution >= 0.6 is 11.8 Å². The zero-order valence-corrected chi connectivity index (χ0v) is 5.26. The summed E-state index contributed by atoms with van der Waals surface area (Å²) >= 11 is 5.11. The second kappa shape index (κ2) is 3.21. The molecule has 0 bridgehead atoms. The van der Waals surface area contributed by atoms with E-state index < -0.39 is 0 Å². The molecule has 0 aromatic carbocycles. The smallest absolute Gasteiger partial charge is 0.163 e. The minimum Gasteiger partial charge on any atom is -0.290 e. The number of anilines is 1. The Bertz CT molecular complexity index is 165. The zero-order valence-electron chi connectivity index (χ0n) is 4.50. The van der Waals surface area contributed by atoms with Gasteiger partial charge in [0.2, 0.25) is 0 Å². The van der Waals surface area contributed by atoms with Gasteiger partial charge in [0.1, 0.15) is 0 Å². The van der Waals surface area contributed by atoms with Crippen LogP contribution in [0, 0.1) is 0 Å². The van der Waals surface area contributed by atoms with Crippen LogP contribution in [0.25, 0.3) is 0 Å². The monoisotopic (exact) mass is 144 g/mol. The molecule has 0 amide bonds. The molecule has 0 atom stereocenters. The third-order valence-electron chi connectivity index (χ3n) is 0.748. The summed E-state index contributed by atoms with van der Waals surface area (Å²) in [6.45, 7) is 0. The average Bonchev–Trinajstić information content (AvgIpc) is 1.91. The molecule has 0 radical (unpaired) electrons. The van der Waals surface area contributed by atoms with E-state index in [0.29, 0.717) is 5.82 Å². The Kier molecular flexibility index (Phi) is 2.23. The van der Waals surface area contributed by atoms with Crippen molar-refractivity contribution in [3.63, 3.8) is 0 Å². The Morgan fingerprint density at radius 3 is 3.00 bits per heavy atom.